The zero-order valence-corrected chi connectivity index (χ0v) is 14.9. The van der Waals surface area contributed by atoms with Gasteiger partial charge in [-0.05, 0) is 52.9 Å². The molecule has 0 radical (unpaired) electrons. The van der Waals surface area contributed by atoms with Gasteiger partial charge in [-0.2, -0.15) is 4.98 Å². The molecule has 0 bridgehead atoms. The molecule has 3 rings (SSSR count). The van der Waals surface area contributed by atoms with E-state index >= 15 is 0 Å². The molecule has 0 fully saturated rings. The lowest BCUT2D eigenvalue weighted by Gasteiger charge is -2.21. The summed E-state index contributed by atoms with van der Waals surface area (Å²) in [5, 5.41) is 0.550. The van der Waals surface area contributed by atoms with Gasteiger partial charge in [0, 0.05) is 21.7 Å². The van der Waals surface area contributed by atoms with Crippen LogP contribution in [0.4, 0.5) is 21.8 Å². The molecule has 0 aliphatic heterocycles. The van der Waals surface area contributed by atoms with Crippen molar-refractivity contribution in [2.45, 2.75) is 0 Å². The highest BCUT2D eigenvalue weighted by Crippen LogP contribution is 2.32. The standard InChI is InChI=1S/C15H12ClFIN5/c1-23(9-4-2-3-8(18)5-9)14-10-6-12(17)11(16)7-13(10)20-15(21-14)22-19/h2-7H,19H2,1H3,(H,20,21,22). The predicted octanol–water partition coefficient (Wildman–Crippen LogP) is 4.08. The number of hydrogen-bond acceptors (Lipinski definition) is 5. The van der Waals surface area contributed by atoms with Gasteiger partial charge in [-0.25, -0.2) is 15.2 Å². The third-order valence-electron chi connectivity index (χ3n) is 3.36. The number of benzene rings is 2. The molecule has 0 saturated carbocycles. The molecule has 0 aliphatic rings. The Labute approximate surface area is 150 Å². The molecule has 0 unspecified atom stereocenters. The van der Waals surface area contributed by atoms with E-state index in [0.29, 0.717) is 16.7 Å². The van der Waals surface area contributed by atoms with E-state index < -0.39 is 5.82 Å². The van der Waals surface area contributed by atoms with Crippen LogP contribution in [0.15, 0.2) is 36.4 Å². The second-order valence-electron chi connectivity index (χ2n) is 4.84. The van der Waals surface area contributed by atoms with Gasteiger partial charge >= 0.3 is 0 Å². The molecule has 0 aliphatic carbocycles. The lowest BCUT2D eigenvalue weighted by atomic mass is 10.2. The van der Waals surface area contributed by atoms with E-state index in [1.54, 1.807) is 0 Å². The number of halogens is 3. The van der Waals surface area contributed by atoms with Crippen molar-refractivity contribution < 1.29 is 4.39 Å². The summed E-state index contributed by atoms with van der Waals surface area (Å²) in [4.78, 5) is 10.4. The topological polar surface area (TPSA) is 67.1 Å². The van der Waals surface area contributed by atoms with Gasteiger partial charge in [-0.15, -0.1) is 0 Å². The minimum Gasteiger partial charge on any atom is -0.329 e. The van der Waals surface area contributed by atoms with Gasteiger partial charge in [0.1, 0.15) is 11.6 Å². The normalized spacial score (nSPS) is 10.8. The van der Waals surface area contributed by atoms with Crippen LogP contribution in [0.1, 0.15) is 0 Å². The Morgan fingerprint density at radius 1 is 1.26 bits per heavy atom. The van der Waals surface area contributed by atoms with E-state index in [1.165, 1.54) is 12.1 Å². The van der Waals surface area contributed by atoms with Gasteiger partial charge in [0.2, 0.25) is 5.95 Å². The first-order valence-corrected chi connectivity index (χ1v) is 8.08. The zero-order valence-electron chi connectivity index (χ0n) is 12.0. The Hall–Kier alpha value is -1.71. The second-order valence-corrected chi connectivity index (χ2v) is 6.49. The van der Waals surface area contributed by atoms with Crippen LogP contribution >= 0.6 is 34.2 Å². The molecular weight excluding hydrogens is 432 g/mol. The minimum absolute atomic E-state index is 0.00188. The molecule has 0 atom stereocenters. The number of nitrogen functional groups attached to an aromatic ring is 1. The highest BCUT2D eigenvalue weighted by molar-refractivity contribution is 14.1. The molecule has 1 heterocycles. The maximum Gasteiger partial charge on any atom is 0.239 e. The van der Waals surface area contributed by atoms with E-state index in [-0.39, 0.29) is 11.0 Å². The lowest BCUT2D eigenvalue weighted by molar-refractivity contribution is 0.630. The van der Waals surface area contributed by atoms with Crippen LogP contribution in [-0.4, -0.2) is 17.0 Å². The molecule has 118 valence electrons. The highest BCUT2D eigenvalue weighted by Gasteiger charge is 2.15. The van der Waals surface area contributed by atoms with Crippen molar-refractivity contribution in [3.8, 4) is 0 Å². The first-order chi connectivity index (χ1) is 11.0. The van der Waals surface area contributed by atoms with E-state index in [1.807, 2.05) is 36.2 Å². The Morgan fingerprint density at radius 3 is 2.74 bits per heavy atom. The number of nitrogens with one attached hydrogen (secondary N) is 1. The van der Waals surface area contributed by atoms with Crippen LogP contribution in [0.3, 0.4) is 0 Å². The van der Waals surface area contributed by atoms with Gasteiger partial charge in [0.05, 0.1) is 10.5 Å². The molecule has 23 heavy (non-hydrogen) atoms. The van der Waals surface area contributed by atoms with Gasteiger partial charge in [-0.3, -0.25) is 5.43 Å². The molecule has 1 aromatic heterocycles. The maximum absolute atomic E-state index is 13.9. The molecule has 0 spiro atoms. The third-order valence-corrected chi connectivity index (χ3v) is 4.32. The fourth-order valence-corrected chi connectivity index (χ4v) is 2.92. The summed E-state index contributed by atoms with van der Waals surface area (Å²) >= 11 is 8.08. The minimum atomic E-state index is -0.520. The van der Waals surface area contributed by atoms with Gasteiger partial charge in [0.25, 0.3) is 0 Å². The number of anilines is 3. The van der Waals surface area contributed by atoms with Crippen LogP contribution in [0.25, 0.3) is 10.9 Å². The SMILES string of the molecule is CN(c1cccc(I)c1)c1nc(NN)nc2cc(Cl)c(F)cc12. The number of nitrogens with zero attached hydrogens (tertiary/aromatic N) is 3. The summed E-state index contributed by atoms with van der Waals surface area (Å²) in [7, 11) is 1.85. The monoisotopic (exact) mass is 443 g/mol. The molecule has 2 aromatic carbocycles. The zero-order chi connectivity index (χ0) is 16.6. The van der Waals surface area contributed by atoms with Crippen LogP contribution in [-0.2, 0) is 0 Å². The Bertz CT molecular complexity index is 889. The fourth-order valence-electron chi connectivity index (χ4n) is 2.23. The molecule has 0 amide bonds. The Balaban J connectivity index is 2.24. The average molecular weight is 444 g/mol. The van der Waals surface area contributed by atoms with Crippen LogP contribution in [0.2, 0.25) is 5.02 Å². The smallest absolute Gasteiger partial charge is 0.239 e. The molecule has 8 heteroatoms. The Kier molecular flexibility index (Phi) is 4.51. The number of aromatic nitrogens is 2. The molecule has 3 N–H and O–H groups in total. The summed E-state index contributed by atoms with van der Waals surface area (Å²) in [5.74, 6) is 5.68. The van der Waals surface area contributed by atoms with Crippen LogP contribution in [0, 0.1) is 9.39 Å². The number of nitrogens with two attached hydrogens (primary N) is 1. The largest absolute Gasteiger partial charge is 0.329 e. The van der Waals surface area contributed by atoms with Gasteiger partial charge < -0.3 is 4.90 Å². The summed E-state index contributed by atoms with van der Waals surface area (Å²) in [6, 6.07) is 10.7. The molecular formula is C15H12ClFIN5. The first-order valence-electron chi connectivity index (χ1n) is 6.62. The van der Waals surface area contributed by atoms with Crippen molar-refractivity contribution in [3.05, 3.63) is 50.8 Å². The van der Waals surface area contributed by atoms with E-state index in [0.717, 1.165) is 9.26 Å². The second kappa shape index (κ2) is 6.42. The summed E-state index contributed by atoms with van der Waals surface area (Å²) < 4.78 is 15.0. The van der Waals surface area contributed by atoms with Crippen molar-refractivity contribution in [1.29, 1.82) is 0 Å². The van der Waals surface area contributed by atoms with E-state index in [2.05, 4.69) is 38.0 Å². The molecule has 5 nitrogen and oxygen atoms in total. The fraction of sp³-hybridized carbons (Fsp3) is 0.0667. The predicted molar refractivity (Wildman–Crippen MR) is 99.5 cm³/mol. The number of hydrogen-bond donors (Lipinski definition) is 2. The van der Waals surface area contributed by atoms with E-state index in [9.17, 15) is 4.39 Å². The van der Waals surface area contributed by atoms with E-state index in [4.69, 9.17) is 17.4 Å². The van der Waals surface area contributed by atoms with Gasteiger partial charge in [0.15, 0.2) is 0 Å². The number of fused-ring (bicyclic) bond motifs is 1. The van der Waals surface area contributed by atoms with Gasteiger partial charge in [-0.1, -0.05) is 17.7 Å². The average Bonchev–Trinajstić information content (AvgIpc) is 2.54. The highest BCUT2D eigenvalue weighted by atomic mass is 127. The van der Waals surface area contributed by atoms with Crippen molar-refractivity contribution in [2.75, 3.05) is 17.4 Å². The van der Waals surface area contributed by atoms with Crippen LogP contribution in [0.5, 0.6) is 0 Å². The quantitative estimate of drug-likeness (QED) is 0.363. The van der Waals surface area contributed by atoms with Crippen molar-refractivity contribution in [3.63, 3.8) is 0 Å². The van der Waals surface area contributed by atoms with Crippen molar-refractivity contribution in [1.82, 2.24) is 9.97 Å². The van der Waals surface area contributed by atoms with Crippen molar-refractivity contribution in [2.24, 2.45) is 5.84 Å². The number of rotatable bonds is 3. The first kappa shape index (κ1) is 16.2. The summed E-state index contributed by atoms with van der Waals surface area (Å²) in [5.41, 5.74) is 3.84. The number of hydrazine groups is 1. The Morgan fingerprint density at radius 2 is 2.04 bits per heavy atom. The maximum atomic E-state index is 13.9. The van der Waals surface area contributed by atoms with Crippen LogP contribution < -0.4 is 16.2 Å². The molecule has 0 saturated heterocycles. The van der Waals surface area contributed by atoms with Crippen molar-refractivity contribution >= 4 is 62.5 Å². The summed E-state index contributed by atoms with van der Waals surface area (Å²) in [6.45, 7) is 0. The lowest BCUT2D eigenvalue weighted by Crippen LogP contribution is -2.16. The summed E-state index contributed by atoms with van der Waals surface area (Å²) in [6.07, 6.45) is 0. The molecule has 3 aromatic rings. The third kappa shape index (κ3) is 3.17.